The molecule has 0 atom stereocenters. The van der Waals surface area contributed by atoms with E-state index in [1.54, 1.807) is 0 Å². The largest absolute Gasteiger partial charge is 0.392 e. The van der Waals surface area contributed by atoms with Crippen molar-refractivity contribution in [1.29, 1.82) is 0 Å². The second kappa shape index (κ2) is 5.97. The van der Waals surface area contributed by atoms with Crippen molar-refractivity contribution in [3.63, 3.8) is 0 Å². The number of benzene rings is 1. The van der Waals surface area contributed by atoms with E-state index in [0.717, 1.165) is 13.1 Å². The fraction of sp³-hybridized carbons (Fsp3) is 0.462. The van der Waals surface area contributed by atoms with Crippen LogP contribution in [0, 0.1) is 13.8 Å². The molecule has 3 heteroatoms. The molecule has 0 heterocycles. The van der Waals surface area contributed by atoms with Crippen LogP contribution in [0.2, 0.25) is 0 Å². The smallest absolute Gasteiger partial charge is 0.0870 e. The molecule has 0 radical (unpaired) electrons. The van der Waals surface area contributed by atoms with Crippen molar-refractivity contribution in [3.8, 4) is 0 Å². The van der Waals surface area contributed by atoms with Crippen LogP contribution in [-0.2, 0) is 6.54 Å². The molecule has 1 aromatic rings. The zero-order chi connectivity index (χ0) is 12.1. The van der Waals surface area contributed by atoms with Gasteiger partial charge >= 0.3 is 0 Å². The molecule has 1 rings (SSSR count). The molecular formula is C13H20N2S. The maximum atomic E-state index is 5.59. The van der Waals surface area contributed by atoms with Crippen LogP contribution < -0.4 is 5.73 Å². The van der Waals surface area contributed by atoms with Gasteiger partial charge in [-0.3, -0.25) is 4.90 Å². The summed E-state index contributed by atoms with van der Waals surface area (Å²) in [5.74, 6) is 0. The molecule has 0 aromatic heterocycles. The normalized spacial score (nSPS) is 10.8. The highest BCUT2D eigenvalue weighted by Crippen LogP contribution is 2.15. The van der Waals surface area contributed by atoms with Gasteiger partial charge in [0, 0.05) is 13.1 Å². The maximum absolute atomic E-state index is 5.59. The molecule has 1 aromatic carbocycles. The summed E-state index contributed by atoms with van der Waals surface area (Å²) in [6.45, 7) is 9.01. The van der Waals surface area contributed by atoms with Gasteiger partial charge in [0.2, 0.25) is 0 Å². The van der Waals surface area contributed by atoms with Crippen molar-refractivity contribution in [2.75, 3.05) is 13.1 Å². The zero-order valence-corrected chi connectivity index (χ0v) is 11.1. The minimum absolute atomic E-state index is 0.563. The first-order valence-electron chi connectivity index (χ1n) is 5.60. The van der Waals surface area contributed by atoms with Gasteiger partial charge in [-0.25, -0.2) is 0 Å². The summed E-state index contributed by atoms with van der Waals surface area (Å²) >= 11 is 4.96. The van der Waals surface area contributed by atoms with E-state index in [9.17, 15) is 0 Å². The topological polar surface area (TPSA) is 29.3 Å². The summed E-state index contributed by atoms with van der Waals surface area (Å²) in [5, 5.41) is 0. The van der Waals surface area contributed by atoms with E-state index in [2.05, 4.69) is 43.9 Å². The predicted octanol–water partition coefficient (Wildman–Crippen LogP) is 2.41. The van der Waals surface area contributed by atoms with Gasteiger partial charge in [0.05, 0.1) is 4.99 Å². The van der Waals surface area contributed by atoms with Crippen LogP contribution in [0.1, 0.15) is 23.6 Å². The quantitative estimate of drug-likeness (QED) is 0.796. The molecule has 16 heavy (non-hydrogen) atoms. The van der Waals surface area contributed by atoms with E-state index in [-0.39, 0.29) is 0 Å². The van der Waals surface area contributed by atoms with Crippen molar-refractivity contribution >= 4 is 17.2 Å². The van der Waals surface area contributed by atoms with Gasteiger partial charge in [0.1, 0.15) is 0 Å². The molecule has 88 valence electrons. The van der Waals surface area contributed by atoms with E-state index < -0.39 is 0 Å². The van der Waals surface area contributed by atoms with Crippen LogP contribution in [0.3, 0.4) is 0 Å². The minimum atomic E-state index is 0.563. The first-order chi connectivity index (χ1) is 7.54. The molecule has 0 bridgehead atoms. The van der Waals surface area contributed by atoms with Crippen molar-refractivity contribution in [3.05, 3.63) is 34.9 Å². The van der Waals surface area contributed by atoms with Gasteiger partial charge in [-0.15, -0.1) is 0 Å². The van der Waals surface area contributed by atoms with E-state index in [4.69, 9.17) is 18.0 Å². The molecule has 0 spiro atoms. The minimum Gasteiger partial charge on any atom is -0.392 e. The third kappa shape index (κ3) is 3.58. The monoisotopic (exact) mass is 236 g/mol. The number of thiocarbonyl (C=S) groups is 1. The maximum Gasteiger partial charge on any atom is 0.0870 e. The first kappa shape index (κ1) is 13.1. The number of aryl methyl sites for hydroxylation is 2. The van der Waals surface area contributed by atoms with Crippen LogP contribution >= 0.6 is 12.2 Å². The lowest BCUT2D eigenvalue weighted by Gasteiger charge is -2.22. The van der Waals surface area contributed by atoms with Crippen LogP contribution in [0.5, 0.6) is 0 Å². The third-order valence-electron chi connectivity index (χ3n) is 2.85. The Morgan fingerprint density at radius 1 is 1.31 bits per heavy atom. The molecule has 0 aliphatic rings. The van der Waals surface area contributed by atoms with Crippen molar-refractivity contribution in [1.82, 2.24) is 4.90 Å². The number of likely N-dealkylation sites (N-methyl/N-ethyl adjacent to an activating group) is 1. The molecule has 0 aliphatic carbocycles. The summed E-state index contributed by atoms with van der Waals surface area (Å²) in [7, 11) is 0. The Kier molecular flexibility index (Phi) is 4.90. The van der Waals surface area contributed by atoms with Crippen molar-refractivity contribution in [2.24, 2.45) is 5.73 Å². The molecule has 0 saturated carbocycles. The highest BCUT2D eigenvalue weighted by molar-refractivity contribution is 7.80. The number of rotatable bonds is 5. The summed E-state index contributed by atoms with van der Waals surface area (Å²) in [5.41, 5.74) is 9.65. The standard InChI is InChI=1S/C13H20N2S/c1-4-15(9-13(14)16)8-12-10(2)6-5-7-11(12)3/h5-7H,4,8-9H2,1-3H3,(H2,14,16). The van der Waals surface area contributed by atoms with E-state index in [0.29, 0.717) is 11.5 Å². The number of nitrogens with zero attached hydrogens (tertiary/aromatic N) is 1. The number of hydrogen-bond acceptors (Lipinski definition) is 2. The summed E-state index contributed by atoms with van der Waals surface area (Å²) < 4.78 is 0. The lowest BCUT2D eigenvalue weighted by Crippen LogP contribution is -2.32. The Morgan fingerprint density at radius 2 is 1.88 bits per heavy atom. The first-order valence-corrected chi connectivity index (χ1v) is 6.01. The Hall–Kier alpha value is -0.930. The van der Waals surface area contributed by atoms with Crippen LogP contribution in [-0.4, -0.2) is 23.0 Å². The molecule has 0 aliphatic heterocycles. The number of nitrogens with two attached hydrogens (primary N) is 1. The predicted molar refractivity (Wildman–Crippen MR) is 73.7 cm³/mol. The van der Waals surface area contributed by atoms with Gasteiger partial charge in [0.15, 0.2) is 0 Å². The van der Waals surface area contributed by atoms with E-state index in [1.807, 2.05) is 0 Å². The van der Waals surface area contributed by atoms with Crippen LogP contribution in [0.4, 0.5) is 0 Å². The fourth-order valence-electron chi connectivity index (χ4n) is 1.82. The fourth-order valence-corrected chi connectivity index (χ4v) is 2.00. The third-order valence-corrected chi connectivity index (χ3v) is 2.98. The highest BCUT2D eigenvalue weighted by Gasteiger charge is 2.08. The average Bonchev–Trinajstić information content (AvgIpc) is 2.21. The van der Waals surface area contributed by atoms with E-state index >= 15 is 0 Å². The summed E-state index contributed by atoms with van der Waals surface area (Å²) in [6, 6.07) is 6.39. The lowest BCUT2D eigenvalue weighted by atomic mass is 10.0. The average molecular weight is 236 g/mol. The van der Waals surface area contributed by atoms with Gasteiger partial charge < -0.3 is 5.73 Å². The van der Waals surface area contributed by atoms with Crippen molar-refractivity contribution < 1.29 is 0 Å². The summed E-state index contributed by atoms with van der Waals surface area (Å²) in [6.07, 6.45) is 0. The van der Waals surface area contributed by atoms with Crippen molar-refractivity contribution in [2.45, 2.75) is 27.3 Å². The molecule has 0 fully saturated rings. The summed E-state index contributed by atoms with van der Waals surface area (Å²) in [4.78, 5) is 2.82. The van der Waals surface area contributed by atoms with Crippen LogP contribution in [0.25, 0.3) is 0 Å². The Bertz CT molecular complexity index is 354. The second-order valence-corrected chi connectivity index (χ2v) is 4.66. The Labute approximate surface area is 103 Å². The van der Waals surface area contributed by atoms with E-state index in [1.165, 1.54) is 16.7 Å². The molecular weight excluding hydrogens is 216 g/mol. The molecule has 0 amide bonds. The van der Waals surface area contributed by atoms with Crippen LogP contribution in [0.15, 0.2) is 18.2 Å². The number of hydrogen-bond donors (Lipinski definition) is 1. The molecule has 2 nitrogen and oxygen atoms in total. The van der Waals surface area contributed by atoms with Gasteiger partial charge in [-0.05, 0) is 37.1 Å². The molecule has 2 N–H and O–H groups in total. The lowest BCUT2D eigenvalue weighted by molar-refractivity contribution is 0.320. The zero-order valence-electron chi connectivity index (χ0n) is 10.3. The Balaban J connectivity index is 2.81. The second-order valence-electron chi connectivity index (χ2n) is 4.14. The van der Waals surface area contributed by atoms with Gasteiger partial charge in [-0.2, -0.15) is 0 Å². The highest BCUT2D eigenvalue weighted by atomic mass is 32.1. The molecule has 0 saturated heterocycles. The van der Waals surface area contributed by atoms with Gasteiger partial charge in [0.25, 0.3) is 0 Å². The van der Waals surface area contributed by atoms with Gasteiger partial charge in [-0.1, -0.05) is 37.3 Å². The molecule has 0 unspecified atom stereocenters. The Morgan fingerprint density at radius 3 is 2.31 bits per heavy atom. The SMILES string of the molecule is CCN(CC(N)=S)Cc1c(C)cccc1C.